The molecule has 5 heterocycles. The van der Waals surface area contributed by atoms with Crippen LogP contribution in [0.2, 0.25) is 0 Å². The number of sulfonamides is 2. The maximum absolute atomic E-state index is 13.3. The van der Waals surface area contributed by atoms with E-state index < -0.39 is 20.0 Å². The zero-order valence-corrected chi connectivity index (χ0v) is 56.0. The number of rotatable bonds is 13. The number of nitrogen functional groups attached to an aromatic ring is 2. The van der Waals surface area contributed by atoms with E-state index in [9.17, 15) is 16.8 Å². The number of nitrogens with zero attached hydrogens (tertiary/aromatic N) is 10. The van der Waals surface area contributed by atoms with Crippen molar-refractivity contribution in [1.82, 2.24) is 49.6 Å². The predicted molar refractivity (Wildman–Crippen MR) is 358 cm³/mol. The number of nitrogens with one attached hydrogen (secondary N) is 4. The number of anilines is 6. The van der Waals surface area contributed by atoms with Crippen molar-refractivity contribution in [3.63, 3.8) is 0 Å². The van der Waals surface area contributed by atoms with Crippen molar-refractivity contribution in [3.05, 3.63) is 108 Å². The summed E-state index contributed by atoms with van der Waals surface area (Å²) < 4.78 is 69.2. The molecule has 0 amide bonds. The Balaban J connectivity index is 0.000000185. The van der Waals surface area contributed by atoms with E-state index >= 15 is 0 Å². The van der Waals surface area contributed by atoms with Crippen molar-refractivity contribution in [3.8, 4) is 0 Å². The van der Waals surface area contributed by atoms with E-state index in [1.54, 1.807) is 18.2 Å². The standard InChI is InChI=1S/C30H40N8O3S.C18H27N5O3S.C12H15N3S.CH3PS/c1-30(2,3)28-35-34-27(41-28)20-5-7-22(8-6-20)36-42(39,40)24-13-14-25-26(19-24)33-29(32-25)31-21-9-11-23(12-10-21)38-17-15-37(4)16-18-38;1-18(2,3)17-22-21-16(26-17)11-4-6-12(7-5-11)23-27(24,25)13-8-9-14(19)15(20)10-13;1-14-6-8-15(9-7-14)12-4-2-11(3-5-12)13-10-16;1-2-3/h9-14,19-20,22,36H,5-8,15-18H2,1-4H3,(H2,31,32,33);8-12,23H,4-7,19-20H2,1-3H3;2-5H,6-9H2,1H3;1H3. The molecule has 0 bridgehead atoms. The van der Waals surface area contributed by atoms with Crippen LogP contribution in [0.4, 0.5) is 40.1 Å². The molecule has 3 aromatic heterocycles. The lowest BCUT2D eigenvalue weighted by Crippen LogP contribution is -2.44. The molecule has 0 atom stereocenters. The van der Waals surface area contributed by atoms with E-state index in [1.165, 1.54) is 29.6 Å². The first-order chi connectivity index (χ1) is 41.8. The van der Waals surface area contributed by atoms with Crippen molar-refractivity contribution in [2.24, 2.45) is 4.99 Å². The molecule has 2 aliphatic carbocycles. The van der Waals surface area contributed by atoms with Gasteiger partial charge in [0.25, 0.3) is 0 Å². The number of hydrogen-bond acceptors (Lipinski definition) is 21. The van der Waals surface area contributed by atoms with Gasteiger partial charge < -0.3 is 50.2 Å². The molecule has 0 spiro atoms. The second-order valence-electron chi connectivity index (χ2n) is 24.9. The molecule has 474 valence electrons. The van der Waals surface area contributed by atoms with Gasteiger partial charge in [-0.2, -0.15) is 4.99 Å². The summed E-state index contributed by atoms with van der Waals surface area (Å²) in [6.07, 6.45) is 6.03. The molecule has 11 rings (SSSR count). The maximum atomic E-state index is 13.3. The number of aromatic amines is 1. The van der Waals surface area contributed by atoms with Crippen LogP contribution in [0.25, 0.3) is 11.0 Å². The van der Waals surface area contributed by atoms with Gasteiger partial charge in [-0.3, -0.25) is 0 Å². The van der Waals surface area contributed by atoms with Gasteiger partial charge in [0.2, 0.25) is 49.6 Å². The van der Waals surface area contributed by atoms with Crippen molar-refractivity contribution < 1.29 is 25.7 Å². The Bertz CT molecular complexity index is 3680. The van der Waals surface area contributed by atoms with Gasteiger partial charge in [0.1, 0.15) is 0 Å². The predicted octanol–water partition coefficient (Wildman–Crippen LogP) is 10.5. The fourth-order valence-electron chi connectivity index (χ4n) is 10.6. The SMILES string of the molecule is CC(C)(C)c1nnc(C2CCC(NS(=O)(=O)c3ccc(N)c(N)c3)CC2)o1.CN1CCN(c2ccc(N=C=S)cc2)CC1.CN1CCN(c2ccc(Nc3nc4ccc(S(=O)(=O)NC5CCC(c6nnc(C(C)(C)C)o6)CC5)cc4[nH]3)cc2)CC1.CP=S. The van der Waals surface area contributed by atoms with Gasteiger partial charge in [0, 0.05) is 104 Å². The highest BCUT2D eigenvalue weighted by molar-refractivity contribution is 7.96. The van der Waals surface area contributed by atoms with Crippen LogP contribution >= 0.6 is 19.6 Å². The number of likely N-dealkylation sites (N-methyl/N-ethyl adjacent to an activating group) is 2. The largest absolute Gasteiger partial charge is 0.424 e. The molecule has 0 unspecified atom stereocenters. The van der Waals surface area contributed by atoms with Crippen LogP contribution in [0.5, 0.6) is 0 Å². The number of piperazine rings is 2. The quantitative estimate of drug-likeness (QED) is 0.0271. The number of hydrogen-bond donors (Lipinski definition) is 6. The Morgan fingerprint density at radius 1 is 0.614 bits per heavy atom. The van der Waals surface area contributed by atoms with E-state index in [2.05, 4.69) is 137 Å². The Hall–Kier alpha value is -6.31. The van der Waals surface area contributed by atoms with Crippen LogP contribution in [-0.4, -0.2) is 147 Å². The van der Waals surface area contributed by atoms with Crippen LogP contribution in [0, 0.1) is 0 Å². The van der Waals surface area contributed by atoms with Gasteiger partial charge in [0.05, 0.1) is 43.0 Å². The van der Waals surface area contributed by atoms with E-state index in [1.807, 2.05) is 72.5 Å². The fraction of sp³-hybridized carbons (Fsp3) is 0.508. The Labute approximate surface area is 530 Å². The number of nitrogens with two attached hydrogens (primary N) is 2. The lowest BCUT2D eigenvalue weighted by atomic mass is 9.86. The third-order valence-electron chi connectivity index (χ3n) is 16.0. The molecule has 27 heteroatoms. The van der Waals surface area contributed by atoms with Gasteiger partial charge in [0.15, 0.2) is 0 Å². The minimum absolute atomic E-state index is 0.128. The summed E-state index contributed by atoms with van der Waals surface area (Å²) in [6.45, 7) is 22.7. The normalized spacial score (nSPS) is 19.7. The summed E-state index contributed by atoms with van der Waals surface area (Å²) in [5.41, 5.74) is 17.2. The maximum Gasteiger partial charge on any atom is 0.240 e. The smallest absolute Gasteiger partial charge is 0.240 e. The van der Waals surface area contributed by atoms with Crippen molar-refractivity contribution >= 4 is 108 Å². The Morgan fingerprint density at radius 3 is 1.47 bits per heavy atom. The minimum atomic E-state index is -3.69. The summed E-state index contributed by atoms with van der Waals surface area (Å²) in [5, 5.41) is 22.5. The van der Waals surface area contributed by atoms with Crippen LogP contribution in [-0.2, 0) is 42.7 Å². The first kappa shape index (κ1) is 67.6. The molecule has 4 fully saturated rings. The average molecular weight is 1300 g/mol. The highest BCUT2D eigenvalue weighted by Gasteiger charge is 2.33. The van der Waals surface area contributed by atoms with Gasteiger partial charge >= 0.3 is 0 Å². The van der Waals surface area contributed by atoms with E-state index in [0.29, 0.717) is 71.9 Å². The van der Waals surface area contributed by atoms with Crippen molar-refractivity contribution in [2.45, 2.75) is 137 Å². The zero-order chi connectivity index (χ0) is 63.4. The van der Waals surface area contributed by atoms with E-state index in [-0.39, 0.29) is 50.2 Å². The number of benzene rings is 4. The molecule has 8 N–H and O–H groups in total. The monoisotopic (exact) mass is 1300 g/mol. The molecule has 2 saturated carbocycles. The molecule has 2 aliphatic heterocycles. The summed E-state index contributed by atoms with van der Waals surface area (Å²) >= 11 is 8.94. The van der Waals surface area contributed by atoms with Crippen LogP contribution in [0.15, 0.2) is 109 Å². The molecule has 22 nitrogen and oxygen atoms in total. The number of aromatic nitrogens is 6. The third kappa shape index (κ3) is 18.6. The second kappa shape index (κ2) is 30.0. The number of aliphatic imine (C=N–C) groups is 1. The fourth-order valence-corrected chi connectivity index (χ4v) is 13.4. The van der Waals surface area contributed by atoms with E-state index in [0.717, 1.165) is 96.8 Å². The number of imidazole rings is 1. The van der Waals surface area contributed by atoms with Gasteiger partial charge in [-0.05, 0) is 177 Å². The summed E-state index contributed by atoms with van der Waals surface area (Å²) in [6, 6.07) is 25.5. The van der Waals surface area contributed by atoms with Gasteiger partial charge in [-0.1, -0.05) is 53.3 Å². The zero-order valence-electron chi connectivity index (χ0n) is 51.9. The van der Waals surface area contributed by atoms with Crippen LogP contribution < -0.4 is 36.0 Å². The topological polar surface area (TPSA) is 288 Å². The highest BCUT2D eigenvalue weighted by Crippen LogP contribution is 2.37. The Morgan fingerprint density at radius 2 is 1.05 bits per heavy atom. The van der Waals surface area contributed by atoms with Crippen molar-refractivity contribution in [2.75, 3.05) is 99.7 Å². The first-order valence-electron chi connectivity index (χ1n) is 29.8. The number of isothiocyanates is 1. The summed E-state index contributed by atoms with van der Waals surface area (Å²) in [5.74, 6) is 3.45. The first-order valence-corrected chi connectivity index (χ1v) is 35.5. The molecule has 2 saturated heterocycles. The molecular formula is C61H85N16O6PS4. The molecule has 88 heavy (non-hydrogen) atoms. The van der Waals surface area contributed by atoms with Crippen molar-refractivity contribution in [1.29, 1.82) is 0 Å². The Kier molecular flexibility index (Phi) is 23.1. The minimum Gasteiger partial charge on any atom is -0.424 e. The molecule has 4 aromatic carbocycles. The second-order valence-corrected chi connectivity index (χ2v) is 30.0. The van der Waals surface area contributed by atoms with Crippen LogP contribution in [0.1, 0.15) is 128 Å². The number of fused-ring (bicyclic) bond motifs is 1. The molecule has 0 radical (unpaired) electrons. The van der Waals surface area contributed by atoms with E-state index in [4.69, 9.17) is 20.3 Å². The lowest BCUT2D eigenvalue weighted by Gasteiger charge is -2.34. The molecular weight excluding hydrogens is 1210 g/mol. The third-order valence-corrected chi connectivity index (χ3v) is 19.1. The van der Waals surface area contributed by atoms with Gasteiger partial charge in [-0.15, -0.1) is 20.4 Å². The average Bonchev–Trinajstić information content (AvgIpc) is 4.51. The highest BCUT2D eigenvalue weighted by atomic mass is 32.4. The lowest BCUT2D eigenvalue weighted by molar-refractivity contribution is 0.304. The summed E-state index contributed by atoms with van der Waals surface area (Å²) in [7, 11) is -2.01. The van der Waals surface area contributed by atoms with Crippen LogP contribution in [0.3, 0.4) is 0 Å². The molecule has 4 aliphatic rings. The van der Waals surface area contributed by atoms with Gasteiger partial charge in [-0.25, -0.2) is 31.3 Å². The number of H-pyrrole nitrogens is 1. The summed E-state index contributed by atoms with van der Waals surface area (Å²) in [4.78, 5) is 21.6. The number of thiocarbonyl (C=S) groups is 1. The molecule has 7 aromatic rings.